The van der Waals surface area contributed by atoms with Gasteiger partial charge in [-0.2, -0.15) is 0 Å². The Balaban J connectivity index is 2.50. The van der Waals surface area contributed by atoms with E-state index in [1.165, 1.54) is 0 Å². The van der Waals surface area contributed by atoms with Gasteiger partial charge in [-0.3, -0.25) is 4.79 Å². The van der Waals surface area contributed by atoms with Gasteiger partial charge in [-0.1, -0.05) is 29.3 Å². The highest BCUT2D eigenvalue weighted by Crippen LogP contribution is 2.44. The molecule has 3 nitrogen and oxygen atoms in total. The smallest absolute Gasteiger partial charge is 0.152 e. The van der Waals surface area contributed by atoms with Gasteiger partial charge in [0.1, 0.15) is 5.75 Å². The zero-order chi connectivity index (χ0) is 14.3. The monoisotopic (exact) mass is 305 g/mol. The van der Waals surface area contributed by atoms with E-state index in [0.717, 1.165) is 11.8 Å². The molecule has 0 radical (unpaired) electrons. The lowest BCUT2D eigenvalue weighted by atomic mass is 9.98. The minimum absolute atomic E-state index is 0.0233. The molecule has 1 aromatic heterocycles. The first-order valence-corrected chi connectivity index (χ1v) is 6.61. The van der Waals surface area contributed by atoms with Gasteiger partial charge in [0, 0.05) is 33.8 Å². The Kier molecular flexibility index (Phi) is 3.16. The maximum atomic E-state index is 11.2. The highest BCUT2D eigenvalue weighted by atomic mass is 35.5. The predicted octanol–water partition coefficient (Wildman–Crippen LogP) is 4.66. The van der Waals surface area contributed by atoms with Crippen molar-refractivity contribution in [2.24, 2.45) is 0 Å². The summed E-state index contributed by atoms with van der Waals surface area (Å²) in [5, 5.41) is 11.6. The van der Waals surface area contributed by atoms with Crippen LogP contribution in [0.1, 0.15) is 10.4 Å². The number of nitrogens with one attached hydrogen (secondary N) is 1. The van der Waals surface area contributed by atoms with E-state index in [1.54, 1.807) is 36.5 Å². The minimum Gasteiger partial charge on any atom is -0.507 e. The van der Waals surface area contributed by atoms with Gasteiger partial charge in [-0.05, 0) is 24.3 Å². The molecule has 0 bridgehead atoms. The number of carbonyl (C=O) groups excluding carboxylic acids is 1. The molecular weight excluding hydrogens is 297 g/mol. The molecule has 5 heteroatoms. The molecule has 0 aliphatic rings. The van der Waals surface area contributed by atoms with E-state index in [0.29, 0.717) is 32.1 Å². The third-order valence-electron chi connectivity index (χ3n) is 3.19. The molecule has 0 aliphatic carbocycles. The van der Waals surface area contributed by atoms with Crippen molar-refractivity contribution in [1.82, 2.24) is 4.98 Å². The zero-order valence-electron chi connectivity index (χ0n) is 10.2. The molecule has 0 saturated heterocycles. The topological polar surface area (TPSA) is 53.1 Å². The zero-order valence-corrected chi connectivity index (χ0v) is 11.7. The minimum atomic E-state index is 0.0233. The summed E-state index contributed by atoms with van der Waals surface area (Å²) in [5.74, 6) is 0.0233. The molecular formula is C15H9Cl2NO2. The number of halogens is 2. The fourth-order valence-electron chi connectivity index (χ4n) is 2.32. The van der Waals surface area contributed by atoms with Crippen LogP contribution in [-0.4, -0.2) is 16.4 Å². The van der Waals surface area contributed by atoms with Crippen LogP contribution in [0, 0.1) is 0 Å². The van der Waals surface area contributed by atoms with E-state index >= 15 is 0 Å². The van der Waals surface area contributed by atoms with E-state index in [9.17, 15) is 9.90 Å². The molecule has 0 amide bonds. The van der Waals surface area contributed by atoms with Gasteiger partial charge in [-0.25, -0.2) is 0 Å². The number of aldehydes is 1. The lowest BCUT2D eigenvalue weighted by molar-refractivity contribution is 0.112. The largest absolute Gasteiger partial charge is 0.507 e. The molecule has 3 aromatic rings. The summed E-state index contributed by atoms with van der Waals surface area (Å²) in [6.07, 6.45) is 2.32. The van der Waals surface area contributed by atoms with Crippen LogP contribution in [0.15, 0.2) is 36.5 Å². The lowest BCUT2D eigenvalue weighted by Gasteiger charge is -2.11. The molecule has 3 rings (SSSR count). The van der Waals surface area contributed by atoms with Crippen molar-refractivity contribution in [3.63, 3.8) is 0 Å². The van der Waals surface area contributed by atoms with Crippen molar-refractivity contribution in [3.05, 3.63) is 52.1 Å². The average Bonchev–Trinajstić information content (AvgIpc) is 2.84. The van der Waals surface area contributed by atoms with E-state index in [-0.39, 0.29) is 5.75 Å². The second kappa shape index (κ2) is 4.85. The van der Waals surface area contributed by atoms with Crippen LogP contribution in [0.25, 0.3) is 22.0 Å². The number of fused-ring (bicyclic) bond motifs is 1. The second-order valence-corrected chi connectivity index (χ2v) is 5.16. The van der Waals surface area contributed by atoms with E-state index in [4.69, 9.17) is 23.2 Å². The highest BCUT2D eigenvalue weighted by Gasteiger charge is 2.18. The number of benzene rings is 2. The number of aromatic nitrogens is 1. The molecule has 1 heterocycles. The Morgan fingerprint density at radius 1 is 1.05 bits per heavy atom. The number of phenols is 1. The Labute approximate surface area is 124 Å². The molecule has 0 fully saturated rings. The molecule has 20 heavy (non-hydrogen) atoms. The van der Waals surface area contributed by atoms with Crippen molar-refractivity contribution in [3.8, 4) is 16.9 Å². The van der Waals surface area contributed by atoms with Crippen LogP contribution in [0.4, 0.5) is 0 Å². The third kappa shape index (κ3) is 1.87. The Hall–Kier alpha value is -1.97. The van der Waals surface area contributed by atoms with Crippen molar-refractivity contribution < 1.29 is 9.90 Å². The summed E-state index contributed by atoms with van der Waals surface area (Å²) < 4.78 is 0. The summed E-state index contributed by atoms with van der Waals surface area (Å²) in [6, 6.07) is 8.35. The van der Waals surface area contributed by atoms with Crippen molar-refractivity contribution in [1.29, 1.82) is 0 Å². The van der Waals surface area contributed by atoms with Crippen LogP contribution < -0.4 is 0 Å². The van der Waals surface area contributed by atoms with Gasteiger partial charge in [0.05, 0.1) is 10.0 Å². The second-order valence-electron chi connectivity index (χ2n) is 4.34. The summed E-state index contributed by atoms with van der Waals surface area (Å²) in [4.78, 5) is 14.2. The van der Waals surface area contributed by atoms with Gasteiger partial charge in [0.25, 0.3) is 0 Å². The quantitative estimate of drug-likeness (QED) is 0.677. The fourth-order valence-corrected chi connectivity index (χ4v) is 2.91. The summed E-state index contributed by atoms with van der Waals surface area (Å²) in [6.45, 7) is 0. The van der Waals surface area contributed by atoms with Crippen LogP contribution in [0.5, 0.6) is 5.75 Å². The fraction of sp³-hybridized carbons (Fsp3) is 0. The number of rotatable bonds is 2. The number of carbonyl (C=O) groups is 1. The summed E-state index contributed by atoms with van der Waals surface area (Å²) in [7, 11) is 0. The van der Waals surface area contributed by atoms with Crippen LogP contribution in [0.2, 0.25) is 10.0 Å². The highest BCUT2D eigenvalue weighted by molar-refractivity contribution is 6.40. The lowest BCUT2D eigenvalue weighted by Crippen LogP contribution is -1.87. The number of aromatic amines is 1. The molecule has 0 aliphatic heterocycles. The molecule has 100 valence electrons. The normalized spacial score (nSPS) is 10.9. The Bertz CT molecular complexity index is 804. The number of hydrogen-bond donors (Lipinski definition) is 2. The third-order valence-corrected chi connectivity index (χ3v) is 3.82. The van der Waals surface area contributed by atoms with E-state index in [1.807, 2.05) is 0 Å². The van der Waals surface area contributed by atoms with Crippen molar-refractivity contribution in [2.75, 3.05) is 0 Å². The molecule has 0 unspecified atom stereocenters. The average molecular weight is 306 g/mol. The first-order valence-electron chi connectivity index (χ1n) is 5.86. The van der Waals surface area contributed by atoms with Gasteiger partial charge in [-0.15, -0.1) is 0 Å². The Morgan fingerprint density at radius 3 is 2.40 bits per heavy atom. The molecule has 2 N–H and O–H groups in total. The number of H-pyrrole nitrogens is 1. The van der Waals surface area contributed by atoms with E-state index in [2.05, 4.69) is 4.98 Å². The first kappa shape index (κ1) is 13.0. The molecule has 0 atom stereocenters. The van der Waals surface area contributed by atoms with Gasteiger partial charge < -0.3 is 10.1 Å². The molecule has 0 saturated carbocycles. The standard InChI is InChI=1S/C15H9Cl2NO2/c16-9-2-1-3-10(17)14(9)15-12(20)5-4-11-13(15)8(7-19)6-18-11/h1-7,18,20H. The molecule has 0 spiro atoms. The van der Waals surface area contributed by atoms with Gasteiger partial charge >= 0.3 is 0 Å². The SMILES string of the molecule is O=Cc1c[nH]c2ccc(O)c(-c3c(Cl)cccc3Cl)c12. The summed E-state index contributed by atoms with van der Waals surface area (Å²) in [5.41, 5.74) is 2.15. The number of phenolic OH excluding ortho intramolecular Hbond substituents is 1. The van der Waals surface area contributed by atoms with Crippen molar-refractivity contribution >= 4 is 40.4 Å². The number of aromatic hydroxyl groups is 1. The first-order chi connectivity index (χ1) is 9.63. The van der Waals surface area contributed by atoms with E-state index < -0.39 is 0 Å². The Morgan fingerprint density at radius 2 is 1.75 bits per heavy atom. The maximum Gasteiger partial charge on any atom is 0.152 e. The van der Waals surface area contributed by atoms with Crippen LogP contribution in [-0.2, 0) is 0 Å². The van der Waals surface area contributed by atoms with Crippen LogP contribution >= 0.6 is 23.2 Å². The predicted molar refractivity (Wildman–Crippen MR) is 80.8 cm³/mol. The summed E-state index contributed by atoms with van der Waals surface area (Å²) >= 11 is 12.4. The maximum absolute atomic E-state index is 11.2. The number of hydrogen-bond acceptors (Lipinski definition) is 2. The van der Waals surface area contributed by atoms with Crippen LogP contribution in [0.3, 0.4) is 0 Å². The van der Waals surface area contributed by atoms with Gasteiger partial charge in [0.2, 0.25) is 0 Å². The van der Waals surface area contributed by atoms with Gasteiger partial charge in [0.15, 0.2) is 6.29 Å². The molecule has 2 aromatic carbocycles. The van der Waals surface area contributed by atoms with Crippen molar-refractivity contribution in [2.45, 2.75) is 0 Å².